The molecule has 0 bridgehead atoms. The summed E-state index contributed by atoms with van der Waals surface area (Å²) in [5.41, 5.74) is 0. The Morgan fingerprint density at radius 3 is 2.57 bits per heavy atom. The van der Waals surface area contributed by atoms with Crippen LogP contribution in [0.2, 0.25) is 0 Å². The highest BCUT2D eigenvalue weighted by Crippen LogP contribution is 2.45. The molecule has 3 unspecified atom stereocenters. The second-order valence-corrected chi connectivity index (χ2v) is 4.70. The third-order valence-electron chi connectivity index (χ3n) is 3.37. The second-order valence-electron chi connectivity index (χ2n) is 4.70. The Hall–Kier alpha value is -0.0800. The molecule has 4 atom stereocenters. The lowest BCUT2D eigenvalue weighted by Crippen LogP contribution is -2.34. The smallest absolute Gasteiger partial charge is 0.0727 e. The predicted octanol–water partition coefficient (Wildman–Crippen LogP) is 2.29. The molecule has 1 N–H and O–H groups in total. The molecule has 1 saturated carbocycles. The molecule has 2 heteroatoms. The van der Waals surface area contributed by atoms with E-state index in [1.54, 1.807) is 0 Å². The summed E-state index contributed by atoms with van der Waals surface area (Å²) in [7, 11) is 2.01. The molecule has 0 radical (unpaired) electrons. The van der Waals surface area contributed by atoms with Crippen LogP contribution in [0.3, 0.4) is 0 Å². The molecule has 1 rings (SSSR count). The van der Waals surface area contributed by atoms with E-state index in [4.69, 9.17) is 4.74 Å². The van der Waals surface area contributed by atoms with E-state index in [2.05, 4.69) is 26.1 Å². The van der Waals surface area contributed by atoms with Gasteiger partial charge in [0.1, 0.15) is 0 Å². The maximum atomic E-state index is 5.88. The summed E-state index contributed by atoms with van der Waals surface area (Å²) in [5.74, 6) is 2.55. The molecule has 0 spiro atoms. The van der Waals surface area contributed by atoms with Crippen molar-refractivity contribution in [2.45, 2.75) is 39.7 Å². The fourth-order valence-electron chi connectivity index (χ4n) is 2.23. The Labute approximate surface area is 88.4 Å². The first-order chi connectivity index (χ1) is 6.70. The van der Waals surface area contributed by atoms with Gasteiger partial charge in [-0.25, -0.2) is 0 Å². The Morgan fingerprint density at radius 2 is 2.14 bits per heavy atom. The normalized spacial score (nSPS) is 30.0. The van der Waals surface area contributed by atoms with Crippen LogP contribution >= 0.6 is 0 Å². The van der Waals surface area contributed by atoms with Crippen molar-refractivity contribution in [3.8, 4) is 0 Å². The summed E-state index contributed by atoms with van der Waals surface area (Å²) in [4.78, 5) is 0. The zero-order valence-electron chi connectivity index (χ0n) is 10.0. The SMILES string of the molecule is CCCOC(CNC)[C@@H](C)C1CC1C. The minimum atomic E-state index is 0.412. The number of hydrogen-bond acceptors (Lipinski definition) is 2. The predicted molar refractivity (Wildman–Crippen MR) is 60.4 cm³/mol. The zero-order valence-corrected chi connectivity index (χ0v) is 10.0. The van der Waals surface area contributed by atoms with E-state index in [9.17, 15) is 0 Å². The number of nitrogens with one attached hydrogen (secondary N) is 1. The number of hydrogen-bond donors (Lipinski definition) is 1. The fourth-order valence-corrected chi connectivity index (χ4v) is 2.23. The van der Waals surface area contributed by atoms with E-state index in [0.717, 1.165) is 31.4 Å². The molecule has 2 nitrogen and oxygen atoms in total. The van der Waals surface area contributed by atoms with Crippen LogP contribution in [0.1, 0.15) is 33.6 Å². The molecule has 0 aromatic carbocycles. The minimum Gasteiger partial charge on any atom is -0.377 e. The van der Waals surface area contributed by atoms with Crippen LogP contribution in [0.25, 0.3) is 0 Å². The van der Waals surface area contributed by atoms with Gasteiger partial charge in [0.2, 0.25) is 0 Å². The minimum absolute atomic E-state index is 0.412. The molecule has 0 aromatic heterocycles. The molecule has 0 saturated heterocycles. The van der Waals surface area contributed by atoms with Crippen LogP contribution in [0.5, 0.6) is 0 Å². The Kier molecular flexibility index (Phi) is 4.90. The lowest BCUT2D eigenvalue weighted by molar-refractivity contribution is 0.0116. The molecule has 84 valence electrons. The van der Waals surface area contributed by atoms with Crippen LogP contribution in [-0.2, 0) is 4.74 Å². The highest BCUT2D eigenvalue weighted by atomic mass is 16.5. The lowest BCUT2D eigenvalue weighted by atomic mass is 9.97. The molecular formula is C12H25NO. The first-order valence-corrected chi connectivity index (χ1v) is 5.96. The van der Waals surface area contributed by atoms with Crippen LogP contribution in [0, 0.1) is 17.8 Å². The van der Waals surface area contributed by atoms with E-state index in [0.29, 0.717) is 12.0 Å². The summed E-state index contributed by atoms with van der Waals surface area (Å²) in [5, 5.41) is 3.23. The average molecular weight is 199 g/mol. The van der Waals surface area contributed by atoms with E-state index in [1.165, 1.54) is 6.42 Å². The van der Waals surface area contributed by atoms with Crippen molar-refractivity contribution in [2.75, 3.05) is 20.2 Å². The van der Waals surface area contributed by atoms with Crippen molar-refractivity contribution in [1.82, 2.24) is 5.32 Å². The summed E-state index contributed by atoms with van der Waals surface area (Å²) in [6, 6.07) is 0. The van der Waals surface area contributed by atoms with E-state index >= 15 is 0 Å². The van der Waals surface area contributed by atoms with E-state index < -0.39 is 0 Å². The summed E-state index contributed by atoms with van der Waals surface area (Å²) in [6.07, 6.45) is 2.93. The van der Waals surface area contributed by atoms with Gasteiger partial charge in [0.25, 0.3) is 0 Å². The van der Waals surface area contributed by atoms with Crippen LogP contribution in [0.15, 0.2) is 0 Å². The lowest BCUT2D eigenvalue weighted by Gasteiger charge is -2.24. The highest BCUT2D eigenvalue weighted by Gasteiger charge is 2.40. The Morgan fingerprint density at radius 1 is 1.50 bits per heavy atom. The highest BCUT2D eigenvalue weighted by molar-refractivity contribution is 4.90. The van der Waals surface area contributed by atoms with Gasteiger partial charge < -0.3 is 10.1 Å². The zero-order chi connectivity index (χ0) is 10.6. The van der Waals surface area contributed by atoms with Crippen molar-refractivity contribution >= 4 is 0 Å². The molecule has 1 aliphatic rings. The number of likely N-dealkylation sites (N-methyl/N-ethyl adjacent to an activating group) is 1. The number of rotatable bonds is 7. The van der Waals surface area contributed by atoms with Gasteiger partial charge in [-0.2, -0.15) is 0 Å². The van der Waals surface area contributed by atoms with Gasteiger partial charge in [-0.15, -0.1) is 0 Å². The van der Waals surface area contributed by atoms with Crippen molar-refractivity contribution in [3.05, 3.63) is 0 Å². The third kappa shape index (κ3) is 3.25. The number of ether oxygens (including phenoxy) is 1. The summed E-state index contributed by atoms with van der Waals surface area (Å²) >= 11 is 0. The van der Waals surface area contributed by atoms with Crippen molar-refractivity contribution in [1.29, 1.82) is 0 Å². The Bertz CT molecular complexity index is 160. The first kappa shape index (κ1) is 12.0. The van der Waals surface area contributed by atoms with Gasteiger partial charge in [-0.1, -0.05) is 20.8 Å². The molecule has 1 fully saturated rings. The van der Waals surface area contributed by atoms with E-state index in [-0.39, 0.29) is 0 Å². The fraction of sp³-hybridized carbons (Fsp3) is 1.00. The maximum Gasteiger partial charge on any atom is 0.0727 e. The standard InChI is InChI=1S/C12H25NO/c1-5-6-14-12(8-13-4)10(3)11-7-9(11)2/h9-13H,5-8H2,1-4H3/t9?,10-,11?,12?/m0/s1. The molecule has 0 amide bonds. The molecular weight excluding hydrogens is 174 g/mol. The summed E-state index contributed by atoms with van der Waals surface area (Å²) < 4.78 is 5.88. The van der Waals surface area contributed by atoms with Gasteiger partial charge in [0.05, 0.1) is 6.10 Å². The monoisotopic (exact) mass is 199 g/mol. The molecule has 14 heavy (non-hydrogen) atoms. The third-order valence-corrected chi connectivity index (χ3v) is 3.37. The largest absolute Gasteiger partial charge is 0.377 e. The van der Waals surface area contributed by atoms with Crippen LogP contribution in [-0.4, -0.2) is 26.3 Å². The first-order valence-electron chi connectivity index (χ1n) is 5.96. The molecule has 0 heterocycles. The van der Waals surface area contributed by atoms with E-state index in [1.807, 2.05) is 7.05 Å². The molecule has 1 aliphatic carbocycles. The van der Waals surface area contributed by atoms with Crippen LogP contribution < -0.4 is 5.32 Å². The molecule has 0 aliphatic heterocycles. The second kappa shape index (κ2) is 5.72. The molecule has 0 aromatic rings. The van der Waals surface area contributed by atoms with Crippen LogP contribution in [0.4, 0.5) is 0 Å². The van der Waals surface area contributed by atoms with Crippen molar-refractivity contribution in [3.63, 3.8) is 0 Å². The maximum absolute atomic E-state index is 5.88. The van der Waals surface area contributed by atoms with Crippen molar-refractivity contribution < 1.29 is 4.74 Å². The van der Waals surface area contributed by atoms with Gasteiger partial charge in [-0.3, -0.25) is 0 Å². The van der Waals surface area contributed by atoms with Gasteiger partial charge in [0.15, 0.2) is 0 Å². The summed E-state index contributed by atoms with van der Waals surface area (Å²) in [6.45, 7) is 8.74. The Balaban J connectivity index is 2.32. The van der Waals surface area contributed by atoms with Gasteiger partial charge in [-0.05, 0) is 37.6 Å². The quantitative estimate of drug-likeness (QED) is 0.679. The average Bonchev–Trinajstić information content (AvgIpc) is 2.89. The van der Waals surface area contributed by atoms with Gasteiger partial charge in [0, 0.05) is 13.2 Å². The topological polar surface area (TPSA) is 21.3 Å². The van der Waals surface area contributed by atoms with Gasteiger partial charge >= 0.3 is 0 Å². The van der Waals surface area contributed by atoms with Crippen molar-refractivity contribution in [2.24, 2.45) is 17.8 Å².